The summed E-state index contributed by atoms with van der Waals surface area (Å²) in [5, 5.41) is 13.1. The zero-order valence-corrected chi connectivity index (χ0v) is 16.0. The van der Waals surface area contributed by atoms with E-state index in [2.05, 4.69) is 11.4 Å². The highest BCUT2D eigenvalue weighted by Gasteiger charge is 2.24. The van der Waals surface area contributed by atoms with E-state index in [0.717, 1.165) is 11.1 Å². The number of furan rings is 1. The Morgan fingerprint density at radius 1 is 0.862 bits per heavy atom. The van der Waals surface area contributed by atoms with E-state index in [1.165, 1.54) is 0 Å². The van der Waals surface area contributed by atoms with Crippen molar-refractivity contribution in [3.63, 3.8) is 0 Å². The van der Waals surface area contributed by atoms with E-state index in [-0.39, 0.29) is 17.4 Å². The van der Waals surface area contributed by atoms with Crippen molar-refractivity contribution >= 4 is 23.4 Å². The molecule has 1 N–H and O–H groups in total. The third-order valence-electron chi connectivity index (χ3n) is 4.45. The number of anilines is 1. The molecule has 0 saturated carbocycles. The van der Waals surface area contributed by atoms with Crippen LogP contribution in [0, 0.1) is 11.3 Å². The summed E-state index contributed by atoms with van der Waals surface area (Å²) in [4.78, 5) is 12.7. The third kappa shape index (κ3) is 3.77. The average molecular weight is 399 g/mol. The van der Waals surface area contributed by atoms with Gasteiger partial charge in [0.2, 0.25) is 5.88 Å². The highest BCUT2D eigenvalue weighted by Crippen LogP contribution is 2.41. The van der Waals surface area contributed by atoms with E-state index in [9.17, 15) is 10.1 Å². The Kier molecular flexibility index (Phi) is 5.15. The highest BCUT2D eigenvalue weighted by atomic mass is 35.5. The molecule has 29 heavy (non-hydrogen) atoms. The van der Waals surface area contributed by atoms with Crippen molar-refractivity contribution in [1.29, 1.82) is 5.26 Å². The summed E-state index contributed by atoms with van der Waals surface area (Å²) >= 11 is 5.89. The number of benzene rings is 3. The molecule has 3 aromatic carbocycles. The van der Waals surface area contributed by atoms with E-state index >= 15 is 0 Å². The van der Waals surface area contributed by atoms with Crippen LogP contribution in [-0.4, -0.2) is 5.91 Å². The molecule has 1 amide bonds. The number of nitrogens with zero attached hydrogens (tertiary/aromatic N) is 1. The molecule has 0 fully saturated rings. The minimum absolute atomic E-state index is 0.116. The van der Waals surface area contributed by atoms with Gasteiger partial charge in [0.25, 0.3) is 5.91 Å². The van der Waals surface area contributed by atoms with Gasteiger partial charge in [-0.2, -0.15) is 5.26 Å². The number of halogens is 1. The van der Waals surface area contributed by atoms with E-state index in [0.29, 0.717) is 21.9 Å². The van der Waals surface area contributed by atoms with Gasteiger partial charge in [0.15, 0.2) is 0 Å². The van der Waals surface area contributed by atoms with E-state index < -0.39 is 0 Å². The highest BCUT2D eigenvalue weighted by molar-refractivity contribution is 6.30. The molecule has 0 aliphatic heterocycles. The molecule has 0 radical (unpaired) electrons. The lowest BCUT2D eigenvalue weighted by Gasteiger charge is -2.03. The zero-order valence-electron chi connectivity index (χ0n) is 15.2. The van der Waals surface area contributed by atoms with Gasteiger partial charge in [0, 0.05) is 21.7 Å². The van der Waals surface area contributed by atoms with Gasteiger partial charge in [-0.15, -0.1) is 0 Å². The second-order valence-electron chi connectivity index (χ2n) is 6.32. The van der Waals surface area contributed by atoms with Gasteiger partial charge in [0.05, 0.1) is 0 Å². The number of hydrogen-bond acceptors (Lipinski definition) is 3. The summed E-state index contributed by atoms with van der Waals surface area (Å²) in [6, 6.07) is 27.7. The van der Waals surface area contributed by atoms with Crippen LogP contribution in [0.25, 0.3) is 22.5 Å². The Balaban J connectivity index is 1.83. The van der Waals surface area contributed by atoms with Crippen LogP contribution >= 0.6 is 11.6 Å². The SMILES string of the molecule is N#Cc1c(NC(=O)c2ccc(Cl)cc2)oc(-c2ccccc2)c1-c1ccccc1. The van der Waals surface area contributed by atoms with Crippen LogP contribution in [0.4, 0.5) is 5.88 Å². The second-order valence-corrected chi connectivity index (χ2v) is 6.75. The lowest BCUT2D eigenvalue weighted by Crippen LogP contribution is -2.11. The lowest BCUT2D eigenvalue weighted by molar-refractivity contribution is 0.102. The second kappa shape index (κ2) is 8.05. The van der Waals surface area contributed by atoms with Crippen molar-refractivity contribution < 1.29 is 9.21 Å². The molecule has 0 aliphatic carbocycles. The van der Waals surface area contributed by atoms with Gasteiger partial charge in [0.1, 0.15) is 17.4 Å². The summed E-state index contributed by atoms with van der Waals surface area (Å²) in [5.41, 5.74) is 2.98. The van der Waals surface area contributed by atoms with Crippen LogP contribution in [0.15, 0.2) is 89.3 Å². The zero-order chi connectivity index (χ0) is 20.2. The van der Waals surface area contributed by atoms with Gasteiger partial charge >= 0.3 is 0 Å². The maximum absolute atomic E-state index is 12.7. The monoisotopic (exact) mass is 398 g/mol. The maximum Gasteiger partial charge on any atom is 0.258 e. The predicted octanol–water partition coefficient (Wildman–Crippen LogP) is 6.39. The molecular weight excluding hydrogens is 384 g/mol. The van der Waals surface area contributed by atoms with Crippen LogP contribution < -0.4 is 5.32 Å². The first kappa shape index (κ1) is 18.5. The number of carbonyl (C=O) groups excluding carboxylic acids is 1. The molecule has 0 unspecified atom stereocenters. The fourth-order valence-electron chi connectivity index (χ4n) is 3.08. The number of nitrogens with one attached hydrogen (secondary N) is 1. The molecule has 0 atom stereocenters. The smallest absolute Gasteiger partial charge is 0.258 e. The summed E-state index contributed by atoms with van der Waals surface area (Å²) in [7, 11) is 0. The number of hydrogen-bond donors (Lipinski definition) is 1. The van der Waals surface area contributed by atoms with Crippen LogP contribution in [-0.2, 0) is 0 Å². The normalized spacial score (nSPS) is 10.3. The molecule has 4 nitrogen and oxygen atoms in total. The fourth-order valence-corrected chi connectivity index (χ4v) is 3.20. The molecule has 0 spiro atoms. The molecule has 4 aromatic rings. The van der Waals surface area contributed by atoms with E-state index in [4.69, 9.17) is 16.0 Å². The van der Waals surface area contributed by atoms with E-state index in [1.54, 1.807) is 24.3 Å². The summed E-state index contributed by atoms with van der Waals surface area (Å²) in [6.07, 6.45) is 0. The van der Waals surface area contributed by atoms with Crippen molar-refractivity contribution in [3.8, 4) is 28.5 Å². The lowest BCUT2D eigenvalue weighted by atomic mass is 9.98. The third-order valence-corrected chi connectivity index (χ3v) is 4.70. The van der Waals surface area contributed by atoms with Crippen molar-refractivity contribution in [2.75, 3.05) is 5.32 Å². The molecule has 4 rings (SSSR count). The topological polar surface area (TPSA) is 66.0 Å². The van der Waals surface area contributed by atoms with Crippen LogP contribution in [0.1, 0.15) is 15.9 Å². The largest absolute Gasteiger partial charge is 0.438 e. The van der Waals surface area contributed by atoms with Gasteiger partial charge in [-0.25, -0.2) is 0 Å². The summed E-state index contributed by atoms with van der Waals surface area (Å²) in [6.45, 7) is 0. The van der Waals surface area contributed by atoms with Crippen molar-refractivity contribution in [1.82, 2.24) is 0 Å². The summed E-state index contributed by atoms with van der Waals surface area (Å²) < 4.78 is 6.01. The van der Waals surface area contributed by atoms with Crippen LogP contribution in [0.3, 0.4) is 0 Å². The van der Waals surface area contributed by atoms with E-state index in [1.807, 2.05) is 60.7 Å². The number of amides is 1. The number of carbonyl (C=O) groups is 1. The van der Waals surface area contributed by atoms with Crippen LogP contribution in [0.2, 0.25) is 5.02 Å². The minimum atomic E-state index is -0.383. The van der Waals surface area contributed by atoms with Gasteiger partial charge in [-0.1, -0.05) is 72.3 Å². The van der Waals surface area contributed by atoms with Crippen molar-refractivity contribution in [2.45, 2.75) is 0 Å². The Bertz CT molecular complexity index is 1190. The van der Waals surface area contributed by atoms with Crippen molar-refractivity contribution in [3.05, 3.63) is 101 Å². The fraction of sp³-hybridized carbons (Fsp3) is 0. The summed E-state index contributed by atoms with van der Waals surface area (Å²) in [5.74, 6) is 0.260. The molecule has 1 aromatic heterocycles. The van der Waals surface area contributed by atoms with Crippen molar-refractivity contribution in [2.24, 2.45) is 0 Å². The molecule has 0 aliphatic rings. The number of nitriles is 1. The van der Waals surface area contributed by atoms with Gasteiger partial charge < -0.3 is 4.42 Å². The molecular formula is C24H15ClN2O2. The Hall–Kier alpha value is -3.81. The predicted molar refractivity (Wildman–Crippen MR) is 114 cm³/mol. The standard InChI is InChI=1S/C24H15ClN2O2/c25-19-13-11-18(12-14-19)23(28)27-24-20(15-26)21(16-7-3-1-4-8-16)22(29-24)17-9-5-2-6-10-17/h1-14H,(H,27,28). The Morgan fingerprint density at radius 3 is 2.03 bits per heavy atom. The van der Waals surface area contributed by atoms with Gasteiger partial charge in [-0.05, 0) is 29.8 Å². The first-order valence-corrected chi connectivity index (χ1v) is 9.30. The number of rotatable bonds is 4. The Labute approximate surface area is 173 Å². The molecule has 0 bridgehead atoms. The Morgan fingerprint density at radius 2 is 1.45 bits per heavy atom. The molecule has 0 saturated heterocycles. The minimum Gasteiger partial charge on any atom is -0.438 e. The van der Waals surface area contributed by atoms with Gasteiger partial charge in [-0.3, -0.25) is 10.1 Å². The maximum atomic E-state index is 12.7. The quantitative estimate of drug-likeness (QED) is 0.433. The first-order valence-electron chi connectivity index (χ1n) is 8.92. The molecule has 5 heteroatoms. The first-order chi connectivity index (χ1) is 14.2. The molecule has 1 heterocycles. The molecule has 140 valence electrons. The average Bonchev–Trinajstić information content (AvgIpc) is 3.13. The van der Waals surface area contributed by atoms with Crippen LogP contribution in [0.5, 0.6) is 0 Å².